The van der Waals surface area contributed by atoms with Crippen molar-refractivity contribution in [1.29, 1.82) is 5.26 Å². The van der Waals surface area contributed by atoms with Crippen LogP contribution in [0.25, 0.3) is 0 Å². The van der Waals surface area contributed by atoms with Crippen LogP contribution in [0.3, 0.4) is 0 Å². The number of carbonyl (C=O) groups is 1. The number of aromatic nitrogens is 1. The predicted molar refractivity (Wildman–Crippen MR) is 161 cm³/mol. The molecule has 1 aliphatic carbocycles. The number of ether oxygens (including phenoxy) is 5. The molecule has 0 N–H and O–H groups in total. The minimum Gasteiger partial charge on any atom is -0.485 e. The average Bonchev–Trinajstić information content (AvgIpc) is 3.74. The van der Waals surface area contributed by atoms with Crippen LogP contribution in [-0.2, 0) is 16.1 Å². The van der Waals surface area contributed by atoms with Gasteiger partial charge in [0.2, 0.25) is 17.2 Å². The van der Waals surface area contributed by atoms with Crippen molar-refractivity contribution in [2.75, 3.05) is 20.7 Å². The maximum absolute atomic E-state index is 15.9. The van der Waals surface area contributed by atoms with E-state index in [0.717, 1.165) is 11.8 Å². The van der Waals surface area contributed by atoms with Crippen molar-refractivity contribution < 1.29 is 37.3 Å². The lowest BCUT2D eigenvalue weighted by atomic mass is 10.1. The normalized spacial score (nSPS) is 16.4. The molecule has 234 valence electrons. The Balaban J connectivity index is 1.30. The molecule has 0 spiro atoms. The summed E-state index contributed by atoms with van der Waals surface area (Å²) in [6.45, 7) is 0.714. The molecule has 46 heavy (non-hydrogen) atoms. The summed E-state index contributed by atoms with van der Waals surface area (Å²) in [4.78, 5) is 22.5. The largest absolute Gasteiger partial charge is 0.485 e. The Bertz CT molecular complexity index is 1840. The summed E-state index contributed by atoms with van der Waals surface area (Å²) in [7, 11) is 3.13. The number of nitriles is 1. The molecule has 0 saturated heterocycles. The number of halogens is 2. The van der Waals surface area contributed by atoms with Crippen molar-refractivity contribution in [2.24, 2.45) is 4.99 Å². The van der Waals surface area contributed by atoms with E-state index in [9.17, 15) is 10.1 Å². The van der Waals surface area contributed by atoms with Gasteiger partial charge in [-0.3, -0.25) is 9.89 Å². The van der Waals surface area contributed by atoms with Crippen LogP contribution < -0.4 is 18.9 Å². The molecule has 1 saturated carbocycles. The Labute approximate surface area is 263 Å². The first-order valence-corrected chi connectivity index (χ1v) is 14.3. The van der Waals surface area contributed by atoms with E-state index in [0.29, 0.717) is 30.7 Å². The zero-order valence-corrected chi connectivity index (χ0v) is 24.9. The summed E-state index contributed by atoms with van der Waals surface area (Å²) in [6, 6.07) is 20.4. The van der Waals surface area contributed by atoms with Crippen molar-refractivity contribution >= 4 is 12.2 Å². The van der Waals surface area contributed by atoms with Crippen molar-refractivity contribution in [3.05, 3.63) is 101 Å². The van der Waals surface area contributed by atoms with Gasteiger partial charge in [-0.15, -0.1) is 0 Å². The second-order valence-electron chi connectivity index (χ2n) is 10.7. The third kappa shape index (κ3) is 6.31. The van der Waals surface area contributed by atoms with E-state index in [1.807, 2.05) is 48.3 Å². The van der Waals surface area contributed by atoms with Gasteiger partial charge in [-0.05, 0) is 42.9 Å². The van der Waals surface area contributed by atoms with Gasteiger partial charge >= 0.3 is 5.97 Å². The SMILES string of the molecule is COC(=O)C1(Oc2ccc(Oc3c(F)cnc(Oc4cc(C#N)ccc4OCc4ccccc4)c3F)c(C3N=CCN3C)c2)CC1. The zero-order chi connectivity index (χ0) is 32.3. The smallest absolute Gasteiger partial charge is 0.350 e. The van der Waals surface area contributed by atoms with E-state index in [1.54, 1.807) is 18.3 Å². The van der Waals surface area contributed by atoms with Crippen LogP contribution in [0.5, 0.6) is 34.6 Å². The molecule has 2 aliphatic rings. The number of rotatable bonds is 11. The first-order chi connectivity index (χ1) is 22.3. The molecule has 12 heteroatoms. The van der Waals surface area contributed by atoms with Crippen LogP contribution >= 0.6 is 0 Å². The van der Waals surface area contributed by atoms with Crippen molar-refractivity contribution in [2.45, 2.75) is 31.2 Å². The van der Waals surface area contributed by atoms with Gasteiger partial charge in [-0.2, -0.15) is 9.65 Å². The van der Waals surface area contributed by atoms with Gasteiger partial charge < -0.3 is 23.7 Å². The molecule has 3 aromatic carbocycles. The summed E-state index contributed by atoms with van der Waals surface area (Å²) in [5.41, 5.74) is 0.489. The molecule has 4 aromatic rings. The number of esters is 1. The maximum atomic E-state index is 15.9. The van der Waals surface area contributed by atoms with Crippen molar-refractivity contribution in [3.63, 3.8) is 0 Å². The molecule has 1 unspecified atom stereocenters. The van der Waals surface area contributed by atoms with Gasteiger partial charge in [0.1, 0.15) is 24.3 Å². The van der Waals surface area contributed by atoms with Gasteiger partial charge in [-0.25, -0.2) is 14.2 Å². The highest BCUT2D eigenvalue weighted by Gasteiger charge is 2.54. The number of methoxy groups -OCH3 is 1. The quantitative estimate of drug-likeness (QED) is 0.172. The third-order valence-electron chi connectivity index (χ3n) is 7.50. The summed E-state index contributed by atoms with van der Waals surface area (Å²) < 4.78 is 59.4. The van der Waals surface area contributed by atoms with Gasteiger partial charge in [-0.1, -0.05) is 30.3 Å². The van der Waals surface area contributed by atoms with E-state index in [4.69, 9.17) is 23.7 Å². The molecule has 1 fully saturated rings. The average molecular weight is 627 g/mol. The lowest BCUT2D eigenvalue weighted by Crippen LogP contribution is -2.30. The Hall–Kier alpha value is -5.54. The molecule has 6 rings (SSSR count). The second kappa shape index (κ2) is 12.8. The Kier molecular flexibility index (Phi) is 8.50. The molecule has 0 bridgehead atoms. The van der Waals surface area contributed by atoms with Gasteiger partial charge in [0, 0.05) is 37.2 Å². The van der Waals surface area contributed by atoms with Crippen molar-refractivity contribution in [3.8, 4) is 40.7 Å². The first-order valence-electron chi connectivity index (χ1n) is 14.3. The number of aliphatic imine (C=N–C) groups is 1. The lowest BCUT2D eigenvalue weighted by molar-refractivity contribution is -0.151. The summed E-state index contributed by atoms with van der Waals surface area (Å²) in [5.74, 6) is -3.46. The first kappa shape index (κ1) is 30.5. The number of carbonyl (C=O) groups excluding carboxylic acids is 1. The van der Waals surface area contributed by atoms with Crippen LogP contribution in [0, 0.1) is 23.0 Å². The minimum atomic E-state index is -1.21. The molecule has 1 aromatic heterocycles. The number of hydrogen-bond donors (Lipinski definition) is 0. The van der Waals surface area contributed by atoms with Gasteiger partial charge in [0.15, 0.2) is 17.3 Å². The van der Waals surface area contributed by atoms with Crippen LogP contribution in [0.1, 0.15) is 35.7 Å². The molecule has 1 atom stereocenters. The Morgan fingerprint density at radius 2 is 1.83 bits per heavy atom. The monoisotopic (exact) mass is 626 g/mol. The molecule has 0 amide bonds. The van der Waals surface area contributed by atoms with Crippen LogP contribution in [0.4, 0.5) is 8.78 Å². The van der Waals surface area contributed by atoms with E-state index in [2.05, 4.69) is 9.98 Å². The highest BCUT2D eigenvalue weighted by Crippen LogP contribution is 2.45. The Morgan fingerprint density at radius 1 is 1.04 bits per heavy atom. The summed E-state index contributed by atoms with van der Waals surface area (Å²) >= 11 is 0. The third-order valence-corrected chi connectivity index (χ3v) is 7.50. The molecule has 1 aliphatic heterocycles. The van der Waals surface area contributed by atoms with Gasteiger partial charge in [0.05, 0.1) is 24.9 Å². The Morgan fingerprint density at radius 3 is 2.52 bits per heavy atom. The fourth-order valence-electron chi connectivity index (χ4n) is 4.89. The van der Waals surface area contributed by atoms with E-state index in [1.165, 1.54) is 31.4 Å². The van der Waals surface area contributed by atoms with Crippen LogP contribution in [0.15, 0.2) is 77.9 Å². The molecular weight excluding hydrogens is 598 g/mol. The predicted octanol–water partition coefficient (Wildman–Crippen LogP) is 6.49. The molecular formula is C34H28F2N4O6. The maximum Gasteiger partial charge on any atom is 0.350 e. The van der Waals surface area contributed by atoms with E-state index in [-0.39, 0.29) is 29.4 Å². The number of nitrogens with zero attached hydrogens (tertiary/aromatic N) is 4. The highest BCUT2D eigenvalue weighted by atomic mass is 19.1. The van der Waals surface area contributed by atoms with Crippen LogP contribution in [-0.4, -0.2) is 48.4 Å². The highest BCUT2D eigenvalue weighted by molar-refractivity contribution is 5.83. The fourth-order valence-corrected chi connectivity index (χ4v) is 4.89. The van der Waals surface area contributed by atoms with Crippen molar-refractivity contribution in [1.82, 2.24) is 9.88 Å². The van der Waals surface area contributed by atoms with E-state index >= 15 is 8.78 Å². The summed E-state index contributed by atoms with van der Waals surface area (Å²) in [5, 5.41) is 9.43. The van der Waals surface area contributed by atoms with Crippen LogP contribution in [0.2, 0.25) is 0 Å². The zero-order valence-electron chi connectivity index (χ0n) is 24.9. The molecule has 2 heterocycles. The van der Waals surface area contributed by atoms with E-state index < -0.39 is 41.0 Å². The number of hydrogen-bond acceptors (Lipinski definition) is 10. The molecule has 0 radical (unpaired) electrons. The fraction of sp³-hybridized carbons (Fsp3) is 0.235. The van der Waals surface area contributed by atoms with Gasteiger partial charge in [0.25, 0.3) is 5.88 Å². The number of pyridine rings is 1. The second-order valence-corrected chi connectivity index (χ2v) is 10.7. The standard InChI is InChI=1S/C34H28F2N4O6/c1-40-15-14-38-31(40)24-17-23(46-34(12-13-34)33(41)42-2)9-11-26(24)44-30-25(35)19-39-32(29(30)36)45-28-16-22(18-37)8-10-27(28)43-20-21-6-4-3-5-7-21/h3-11,14,16-17,19,31H,12-13,15,20H2,1-2H3. The minimum absolute atomic E-state index is 0.00246. The summed E-state index contributed by atoms with van der Waals surface area (Å²) in [6.07, 6.45) is 2.94. The lowest BCUT2D eigenvalue weighted by Gasteiger charge is -2.23. The molecule has 10 nitrogen and oxygen atoms in total. The number of benzene rings is 3. The topological polar surface area (TPSA) is 116 Å².